The molecular weight excluding hydrogens is 230 g/mol. The Morgan fingerprint density at radius 1 is 1.65 bits per heavy atom. The van der Waals surface area contributed by atoms with Crippen LogP contribution in [0.5, 0.6) is 0 Å². The average Bonchev–Trinajstić information content (AvgIpc) is 2.70. The molecule has 0 bridgehead atoms. The van der Waals surface area contributed by atoms with Gasteiger partial charge in [0.25, 0.3) is 0 Å². The van der Waals surface area contributed by atoms with Gasteiger partial charge in [-0.1, -0.05) is 6.92 Å². The summed E-state index contributed by atoms with van der Waals surface area (Å²) in [4.78, 5) is 0. The van der Waals surface area contributed by atoms with Crippen molar-refractivity contribution < 1.29 is 0 Å². The zero-order chi connectivity index (χ0) is 12.3. The Morgan fingerprint density at radius 3 is 3.24 bits per heavy atom. The van der Waals surface area contributed by atoms with Crippen molar-refractivity contribution in [3.05, 3.63) is 17.5 Å². The molecule has 2 atom stereocenters. The molecule has 17 heavy (non-hydrogen) atoms. The van der Waals surface area contributed by atoms with Gasteiger partial charge in [-0.2, -0.15) is 16.9 Å². The largest absolute Gasteiger partial charge is 0.306 e. The van der Waals surface area contributed by atoms with Crippen molar-refractivity contribution in [3.8, 4) is 0 Å². The second-order valence-corrected chi connectivity index (χ2v) is 6.16. The molecule has 1 aliphatic carbocycles. The number of hydrogen-bond donors (Lipinski definition) is 1. The summed E-state index contributed by atoms with van der Waals surface area (Å²) in [5.41, 5.74) is 2.84. The Hall–Kier alpha value is -0.480. The molecule has 0 aromatic carbocycles. The van der Waals surface area contributed by atoms with Gasteiger partial charge in [-0.25, -0.2) is 0 Å². The van der Waals surface area contributed by atoms with E-state index < -0.39 is 0 Å². The maximum Gasteiger partial charge on any atom is 0.0540 e. The molecule has 2 unspecified atom stereocenters. The van der Waals surface area contributed by atoms with Gasteiger partial charge >= 0.3 is 0 Å². The molecule has 1 N–H and O–H groups in total. The maximum atomic E-state index is 4.39. The molecule has 1 heterocycles. The van der Waals surface area contributed by atoms with Crippen LogP contribution in [0.1, 0.15) is 44.0 Å². The third-order valence-corrected chi connectivity index (χ3v) is 4.58. The van der Waals surface area contributed by atoms with Crippen molar-refractivity contribution in [2.75, 3.05) is 11.5 Å². The van der Waals surface area contributed by atoms with E-state index in [-0.39, 0.29) is 0 Å². The number of rotatable bonds is 5. The second-order valence-electron chi connectivity index (χ2n) is 4.84. The molecule has 1 aliphatic rings. The summed E-state index contributed by atoms with van der Waals surface area (Å²) in [5, 5.41) is 8.14. The molecule has 96 valence electrons. The first-order chi connectivity index (χ1) is 8.22. The normalized spacial score (nSPS) is 21.2. The summed E-state index contributed by atoms with van der Waals surface area (Å²) in [5.74, 6) is 2.40. The first kappa shape index (κ1) is 13.0. The van der Waals surface area contributed by atoms with Crippen molar-refractivity contribution in [3.63, 3.8) is 0 Å². The highest BCUT2D eigenvalue weighted by Crippen LogP contribution is 2.29. The first-order valence-electron chi connectivity index (χ1n) is 6.57. The molecule has 0 radical (unpaired) electrons. The van der Waals surface area contributed by atoms with Gasteiger partial charge in [0.05, 0.1) is 6.20 Å². The minimum absolute atomic E-state index is 0.514. The van der Waals surface area contributed by atoms with Gasteiger partial charge in [-0.05, 0) is 31.9 Å². The highest BCUT2D eigenvalue weighted by molar-refractivity contribution is 7.99. The van der Waals surface area contributed by atoms with Crippen LogP contribution in [-0.2, 0) is 13.5 Å². The minimum atomic E-state index is 0.514. The Morgan fingerprint density at radius 2 is 2.47 bits per heavy atom. The Balaban J connectivity index is 1.98. The van der Waals surface area contributed by atoms with Crippen molar-refractivity contribution in [1.82, 2.24) is 15.1 Å². The van der Waals surface area contributed by atoms with Gasteiger partial charge in [0.1, 0.15) is 0 Å². The van der Waals surface area contributed by atoms with Crippen LogP contribution in [0.25, 0.3) is 0 Å². The minimum Gasteiger partial charge on any atom is -0.306 e. The highest BCUT2D eigenvalue weighted by Gasteiger charge is 2.24. The molecule has 4 heteroatoms. The van der Waals surface area contributed by atoms with Crippen LogP contribution >= 0.6 is 11.8 Å². The van der Waals surface area contributed by atoms with E-state index in [0.717, 1.165) is 0 Å². The van der Waals surface area contributed by atoms with E-state index >= 15 is 0 Å². The van der Waals surface area contributed by atoms with E-state index in [9.17, 15) is 0 Å². The quantitative estimate of drug-likeness (QED) is 0.874. The van der Waals surface area contributed by atoms with Gasteiger partial charge in [0.2, 0.25) is 0 Å². The number of aryl methyl sites for hydroxylation is 1. The summed E-state index contributed by atoms with van der Waals surface area (Å²) >= 11 is 2.01. The highest BCUT2D eigenvalue weighted by atomic mass is 32.2. The number of aromatic nitrogens is 2. The lowest BCUT2D eigenvalue weighted by Gasteiger charge is -2.27. The predicted octanol–water partition coefficient (Wildman–Crippen LogP) is 2.53. The van der Waals surface area contributed by atoms with E-state index in [0.29, 0.717) is 12.1 Å². The maximum absolute atomic E-state index is 4.39. The van der Waals surface area contributed by atoms with Crippen molar-refractivity contribution in [2.45, 2.75) is 45.2 Å². The fraction of sp³-hybridized carbons (Fsp3) is 0.769. The zero-order valence-corrected chi connectivity index (χ0v) is 11.9. The number of thioether (sulfide) groups is 1. The molecule has 0 saturated carbocycles. The average molecular weight is 253 g/mol. The van der Waals surface area contributed by atoms with Crippen LogP contribution < -0.4 is 5.32 Å². The molecule has 1 aromatic rings. The smallest absolute Gasteiger partial charge is 0.0540 e. The SMILES string of the molecule is CCSCC(C)NC1CCCc2c1cnn2C. The first-order valence-corrected chi connectivity index (χ1v) is 7.72. The van der Waals surface area contributed by atoms with E-state index in [1.807, 2.05) is 22.6 Å². The van der Waals surface area contributed by atoms with Crippen LogP contribution in [0.15, 0.2) is 6.20 Å². The predicted molar refractivity (Wildman–Crippen MR) is 74.5 cm³/mol. The Kier molecular flexibility index (Phi) is 4.51. The summed E-state index contributed by atoms with van der Waals surface area (Å²) < 4.78 is 2.04. The number of fused-ring (bicyclic) bond motifs is 1. The van der Waals surface area contributed by atoms with Crippen LogP contribution in [0.3, 0.4) is 0 Å². The third kappa shape index (κ3) is 3.05. The third-order valence-electron chi connectivity index (χ3n) is 3.43. The molecule has 1 aromatic heterocycles. The van der Waals surface area contributed by atoms with Gasteiger partial charge in [0, 0.05) is 36.1 Å². The van der Waals surface area contributed by atoms with Gasteiger partial charge in [-0.3, -0.25) is 4.68 Å². The standard InChI is InChI=1S/C13H23N3S/c1-4-17-9-10(2)15-12-6-5-7-13-11(12)8-14-16(13)3/h8,10,12,15H,4-7,9H2,1-3H3. The van der Waals surface area contributed by atoms with Crippen LogP contribution in [0.2, 0.25) is 0 Å². The fourth-order valence-electron chi connectivity index (χ4n) is 2.57. The van der Waals surface area contributed by atoms with Crippen LogP contribution in [0, 0.1) is 0 Å². The van der Waals surface area contributed by atoms with E-state index in [2.05, 4.69) is 31.3 Å². The van der Waals surface area contributed by atoms with Gasteiger partial charge in [0.15, 0.2) is 0 Å². The zero-order valence-electron chi connectivity index (χ0n) is 11.1. The monoisotopic (exact) mass is 253 g/mol. The van der Waals surface area contributed by atoms with Gasteiger partial charge in [-0.15, -0.1) is 0 Å². The summed E-state index contributed by atoms with van der Waals surface area (Å²) in [6.07, 6.45) is 5.76. The summed E-state index contributed by atoms with van der Waals surface area (Å²) in [6.45, 7) is 4.50. The molecule has 3 nitrogen and oxygen atoms in total. The fourth-order valence-corrected chi connectivity index (χ4v) is 3.25. The molecule has 0 saturated heterocycles. The molecule has 0 fully saturated rings. The Bertz CT molecular complexity index is 362. The molecular formula is C13H23N3S. The molecule has 2 rings (SSSR count). The van der Waals surface area contributed by atoms with Crippen molar-refractivity contribution >= 4 is 11.8 Å². The Labute approximate surface area is 108 Å². The number of nitrogens with one attached hydrogen (secondary N) is 1. The molecule has 0 amide bonds. The van der Waals surface area contributed by atoms with Crippen LogP contribution in [0.4, 0.5) is 0 Å². The van der Waals surface area contributed by atoms with Gasteiger partial charge < -0.3 is 5.32 Å². The lowest BCUT2D eigenvalue weighted by Crippen LogP contribution is -2.34. The topological polar surface area (TPSA) is 29.9 Å². The lowest BCUT2D eigenvalue weighted by molar-refractivity contribution is 0.421. The van der Waals surface area contributed by atoms with E-state index in [1.54, 1.807) is 0 Å². The van der Waals surface area contributed by atoms with E-state index in [1.165, 1.54) is 42.0 Å². The lowest BCUT2D eigenvalue weighted by atomic mass is 9.92. The van der Waals surface area contributed by atoms with E-state index in [4.69, 9.17) is 0 Å². The molecule has 0 spiro atoms. The molecule has 0 aliphatic heterocycles. The number of hydrogen-bond acceptors (Lipinski definition) is 3. The van der Waals surface area contributed by atoms with Crippen molar-refractivity contribution in [1.29, 1.82) is 0 Å². The summed E-state index contributed by atoms with van der Waals surface area (Å²) in [7, 11) is 2.05. The second kappa shape index (κ2) is 5.91. The van der Waals surface area contributed by atoms with Crippen LogP contribution in [-0.4, -0.2) is 27.3 Å². The van der Waals surface area contributed by atoms with Crippen molar-refractivity contribution in [2.24, 2.45) is 7.05 Å². The summed E-state index contributed by atoms with van der Waals surface area (Å²) in [6, 6.07) is 1.09. The number of nitrogens with zero attached hydrogens (tertiary/aromatic N) is 2.